The Labute approximate surface area is 253 Å². The van der Waals surface area contributed by atoms with Crippen LogP contribution >= 0.6 is 0 Å². The summed E-state index contributed by atoms with van der Waals surface area (Å²) in [6, 6.07) is 17.1. The van der Waals surface area contributed by atoms with Crippen LogP contribution in [-0.2, 0) is 4.79 Å². The molecule has 2 aliphatic rings. The van der Waals surface area contributed by atoms with Gasteiger partial charge >= 0.3 is 6.55 Å². The number of halogens is 3. The van der Waals surface area contributed by atoms with Crippen molar-refractivity contribution in [3.8, 4) is 11.5 Å². The molecule has 5 aromatic rings. The number of tetrazole rings is 1. The number of anilines is 1. The number of nitrogens with zero attached hydrogens (tertiary/aromatic N) is 8. The van der Waals surface area contributed by atoms with Crippen molar-refractivity contribution in [2.24, 2.45) is 5.92 Å². The van der Waals surface area contributed by atoms with Crippen molar-refractivity contribution < 1.29 is 27.2 Å². The number of oxazole rings is 1. The lowest BCUT2D eigenvalue weighted by Gasteiger charge is -2.38. The number of aromatic nitrogens is 6. The first-order valence-electron chi connectivity index (χ1n) is 14.3. The van der Waals surface area contributed by atoms with Gasteiger partial charge in [-0.1, -0.05) is 35.1 Å². The maximum atomic E-state index is 13.5. The van der Waals surface area contributed by atoms with Gasteiger partial charge in [-0.15, -0.1) is 10.2 Å². The van der Waals surface area contributed by atoms with Gasteiger partial charge in [-0.25, -0.2) is 9.37 Å². The molecule has 230 valence electrons. The number of fused-ring (bicyclic) bond motifs is 1. The monoisotopic (exact) mass is 617 g/mol. The Hall–Kier alpha value is -5.18. The van der Waals surface area contributed by atoms with Crippen LogP contribution in [0.15, 0.2) is 71.3 Å². The molecule has 0 bridgehead atoms. The largest absolute Gasteiger partial charge is 0.436 e. The first-order chi connectivity index (χ1) is 21.8. The number of benzene rings is 2. The minimum atomic E-state index is -2.90. The number of nitrogens with one attached hydrogen (secondary N) is 1. The number of piperazine rings is 1. The van der Waals surface area contributed by atoms with Crippen LogP contribution in [0.25, 0.3) is 22.6 Å². The molecule has 12 nitrogen and oxygen atoms in total. The van der Waals surface area contributed by atoms with Gasteiger partial charge in [-0.05, 0) is 47.5 Å². The van der Waals surface area contributed by atoms with E-state index >= 15 is 0 Å². The minimum Gasteiger partial charge on any atom is -0.436 e. The summed E-state index contributed by atoms with van der Waals surface area (Å²) in [6.45, 7) is -1.31. The molecule has 1 saturated carbocycles. The van der Waals surface area contributed by atoms with Crippen LogP contribution in [0.2, 0.25) is 0 Å². The van der Waals surface area contributed by atoms with E-state index in [-0.39, 0.29) is 40.4 Å². The van der Waals surface area contributed by atoms with Crippen LogP contribution in [0, 0.1) is 5.92 Å². The van der Waals surface area contributed by atoms with Crippen molar-refractivity contribution in [1.82, 2.24) is 40.0 Å². The predicted molar refractivity (Wildman–Crippen MR) is 154 cm³/mol. The fourth-order valence-corrected chi connectivity index (χ4v) is 5.41. The summed E-state index contributed by atoms with van der Waals surface area (Å²) in [4.78, 5) is 38.4. The Morgan fingerprint density at radius 3 is 2.49 bits per heavy atom. The smallest absolute Gasteiger partial charge is 0.350 e. The van der Waals surface area contributed by atoms with Gasteiger partial charge in [-0.3, -0.25) is 19.5 Å². The standard InChI is InChI=1S/C30H26F3N9O3/c31-21-16-20(21)27(43)35-19-6-7-24-22(15-19)36-28(45-24)18-8-9-34-23(14-18)29(44)41-12-10-40(11-13-41)25(17-4-2-1-3-5-17)26-37-39-42(38-26)30(32)33/h1-9,14-15,20-21,25,30H,10-13,16H2,(H,35,43)/t20?,21?,25-/m0/s1. The zero-order chi connectivity index (χ0) is 31.1. The summed E-state index contributed by atoms with van der Waals surface area (Å²) in [7, 11) is 0. The normalized spacial score (nSPS) is 19.2. The molecule has 1 aliphatic carbocycles. The molecule has 3 aromatic heterocycles. The third-order valence-corrected chi connectivity index (χ3v) is 7.88. The molecule has 45 heavy (non-hydrogen) atoms. The Morgan fingerprint density at radius 2 is 1.78 bits per heavy atom. The maximum Gasteiger partial charge on any atom is 0.350 e. The molecular formula is C30H26F3N9O3. The highest BCUT2D eigenvalue weighted by Gasteiger charge is 2.43. The summed E-state index contributed by atoms with van der Waals surface area (Å²) >= 11 is 0. The van der Waals surface area contributed by atoms with E-state index in [1.165, 1.54) is 6.20 Å². The summed E-state index contributed by atoms with van der Waals surface area (Å²) in [5, 5.41) is 14.0. The third kappa shape index (κ3) is 5.85. The zero-order valence-corrected chi connectivity index (χ0v) is 23.6. The van der Waals surface area contributed by atoms with E-state index < -0.39 is 24.7 Å². The number of alkyl halides is 3. The highest BCUT2D eigenvalue weighted by atomic mass is 19.3. The Morgan fingerprint density at radius 1 is 1.00 bits per heavy atom. The van der Waals surface area contributed by atoms with Gasteiger partial charge in [0.1, 0.15) is 17.4 Å². The SMILES string of the molecule is O=C(Nc1ccc2oc(-c3ccnc(C(=O)N4CCN([C@@H](c5ccccc5)c5nnn(C(F)F)n5)CC4)c3)nc2c1)C1CC1F. The van der Waals surface area contributed by atoms with E-state index in [2.05, 4.69) is 30.7 Å². The number of carbonyl (C=O) groups is 2. The van der Waals surface area contributed by atoms with Gasteiger partial charge in [0, 0.05) is 43.6 Å². The van der Waals surface area contributed by atoms with Crippen molar-refractivity contribution >= 4 is 28.6 Å². The Bertz CT molecular complexity index is 1860. The quantitative estimate of drug-likeness (QED) is 0.273. The molecule has 7 rings (SSSR count). The van der Waals surface area contributed by atoms with Crippen LogP contribution in [0.5, 0.6) is 0 Å². The average Bonchev–Trinajstić information content (AvgIpc) is 3.40. The highest BCUT2D eigenvalue weighted by molar-refractivity contribution is 5.96. The Balaban J connectivity index is 1.05. The molecule has 0 spiro atoms. The lowest BCUT2D eigenvalue weighted by Crippen LogP contribution is -2.50. The van der Waals surface area contributed by atoms with E-state index in [4.69, 9.17) is 4.42 Å². The molecule has 2 aromatic carbocycles. The Kier molecular flexibility index (Phi) is 7.45. The molecule has 1 N–H and O–H groups in total. The molecule has 2 amide bonds. The second-order valence-electron chi connectivity index (χ2n) is 10.9. The van der Waals surface area contributed by atoms with Crippen molar-refractivity contribution in [3.63, 3.8) is 0 Å². The van der Waals surface area contributed by atoms with Crippen molar-refractivity contribution in [2.75, 3.05) is 31.5 Å². The molecule has 3 atom stereocenters. The fourth-order valence-electron chi connectivity index (χ4n) is 5.41. The number of hydrogen-bond donors (Lipinski definition) is 1. The summed E-state index contributed by atoms with van der Waals surface area (Å²) < 4.78 is 45.5. The van der Waals surface area contributed by atoms with Crippen LogP contribution in [-0.4, -0.2) is 84.1 Å². The fraction of sp³-hybridized carbons (Fsp3) is 0.300. The molecule has 2 fully saturated rings. The number of rotatable bonds is 8. The van der Waals surface area contributed by atoms with Gasteiger partial charge < -0.3 is 14.6 Å². The molecule has 1 aliphatic heterocycles. The van der Waals surface area contributed by atoms with Crippen molar-refractivity contribution in [2.45, 2.75) is 25.2 Å². The van der Waals surface area contributed by atoms with E-state index in [0.29, 0.717) is 48.5 Å². The maximum absolute atomic E-state index is 13.5. The topological polar surface area (TPSA) is 135 Å². The molecular weight excluding hydrogens is 591 g/mol. The molecule has 15 heteroatoms. The first-order valence-corrected chi connectivity index (χ1v) is 14.3. The minimum absolute atomic E-state index is 0.153. The number of carbonyl (C=O) groups excluding carboxylic acids is 2. The number of pyridine rings is 1. The van der Waals surface area contributed by atoms with E-state index in [1.54, 1.807) is 35.2 Å². The molecule has 0 radical (unpaired) electrons. The van der Waals surface area contributed by atoms with Gasteiger partial charge in [0.2, 0.25) is 11.8 Å². The van der Waals surface area contributed by atoms with Crippen LogP contribution < -0.4 is 5.32 Å². The second kappa shape index (κ2) is 11.7. The predicted octanol–water partition coefficient (Wildman–Crippen LogP) is 4.12. The molecule has 4 heterocycles. The van der Waals surface area contributed by atoms with Gasteiger partial charge in [0.15, 0.2) is 11.4 Å². The number of hydrogen-bond acceptors (Lipinski definition) is 9. The lowest BCUT2D eigenvalue weighted by atomic mass is 10.0. The van der Waals surface area contributed by atoms with E-state index in [0.717, 1.165) is 5.56 Å². The molecule has 1 saturated heterocycles. The summed E-state index contributed by atoms with van der Waals surface area (Å²) in [5.41, 5.74) is 3.04. The van der Waals surface area contributed by atoms with Crippen LogP contribution in [0.1, 0.15) is 40.9 Å². The van der Waals surface area contributed by atoms with Crippen molar-refractivity contribution in [1.29, 1.82) is 0 Å². The lowest BCUT2D eigenvalue weighted by molar-refractivity contribution is -0.117. The van der Waals surface area contributed by atoms with E-state index in [1.807, 2.05) is 35.2 Å². The molecule has 2 unspecified atom stereocenters. The first kappa shape index (κ1) is 28.6. The van der Waals surface area contributed by atoms with Gasteiger partial charge in [-0.2, -0.15) is 8.78 Å². The third-order valence-electron chi connectivity index (χ3n) is 7.88. The second-order valence-corrected chi connectivity index (χ2v) is 10.9. The van der Waals surface area contributed by atoms with Crippen LogP contribution in [0.3, 0.4) is 0 Å². The average molecular weight is 618 g/mol. The van der Waals surface area contributed by atoms with Gasteiger partial charge in [0.25, 0.3) is 5.91 Å². The highest BCUT2D eigenvalue weighted by Crippen LogP contribution is 2.35. The summed E-state index contributed by atoms with van der Waals surface area (Å²) in [6.07, 6.45) is 0.651. The van der Waals surface area contributed by atoms with Crippen LogP contribution in [0.4, 0.5) is 18.9 Å². The van der Waals surface area contributed by atoms with E-state index in [9.17, 15) is 22.8 Å². The summed E-state index contributed by atoms with van der Waals surface area (Å²) in [5.74, 6) is -0.824. The zero-order valence-electron chi connectivity index (χ0n) is 23.6. The van der Waals surface area contributed by atoms with Crippen molar-refractivity contribution in [3.05, 3.63) is 83.9 Å². The number of amides is 2. The van der Waals surface area contributed by atoms with Gasteiger partial charge in [0.05, 0.1) is 12.0 Å².